The van der Waals surface area contributed by atoms with Crippen molar-refractivity contribution < 1.29 is 18.7 Å². The molecule has 4 aromatic rings. The zero-order valence-electron chi connectivity index (χ0n) is 17.4. The van der Waals surface area contributed by atoms with Crippen LogP contribution in [0.25, 0.3) is 10.9 Å². The van der Waals surface area contributed by atoms with Gasteiger partial charge in [-0.1, -0.05) is 17.7 Å². The van der Waals surface area contributed by atoms with Crippen LogP contribution >= 0.6 is 11.6 Å². The van der Waals surface area contributed by atoms with Crippen molar-refractivity contribution in [3.63, 3.8) is 0 Å². The van der Waals surface area contributed by atoms with Crippen molar-refractivity contribution in [3.05, 3.63) is 88.6 Å². The number of fused-ring (bicyclic) bond motifs is 1. The predicted molar refractivity (Wildman–Crippen MR) is 120 cm³/mol. The Morgan fingerprint density at radius 3 is 2.72 bits per heavy atom. The first kappa shape index (κ1) is 21.5. The van der Waals surface area contributed by atoms with E-state index in [4.69, 9.17) is 21.1 Å². The summed E-state index contributed by atoms with van der Waals surface area (Å²) in [6, 6.07) is 14.0. The molecule has 32 heavy (non-hydrogen) atoms. The maximum absolute atomic E-state index is 14.0. The highest BCUT2D eigenvalue weighted by molar-refractivity contribution is 6.29. The third kappa shape index (κ3) is 4.33. The SMILES string of the molecule is COc1ccc2c(Oc3cccc(C(=O)NCc4ccnc(Cl)c4F)c3C)ccnc2c1. The Morgan fingerprint density at radius 1 is 1.09 bits per heavy atom. The van der Waals surface area contributed by atoms with Crippen LogP contribution in [-0.2, 0) is 6.54 Å². The lowest BCUT2D eigenvalue weighted by atomic mass is 10.1. The highest BCUT2D eigenvalue weighted by atomic mass is 35.5. The summed E-state index contributed by atoms with van der Waals surface area (Å²) in [7, 11) is 1.60. The molecule has 8 heteroatoms. The van der Waals surface area contributed by atoms with E-state index in [1.165, 1.54) is 12.3 Å². The van der Waals surface area contributed by atoms with E-state index < -0.39 is 5.82 Å². The number of halogens is 2. The van der Waals surface area contributed by atoms with Crippen molar-refractivity contribution in [1.29, 1.82) is 0 Å². The minimum absolute atomic E-state index is 0.0196. The number of nitrogens with one attached hydrogen (secondary N) is 1. The molecule has 0 aliphatic rings. The fraction of sp³-hybridized carbons (Fsp3) is 0.125. The molecule has 0 saturated heterocycles. The van der Waals surface area contributed by atoms with Crippen LogP contribution in [0.1, 0.15) is 21.5 Å². The number of methoxy groups -OCH3 is 1. The lowest BCUT2D eigenvalue weighted by Gasteiger charge is -2.14. The van der Waals surface area contributed by atoms with Gasteiger partial charge in [0.15, 0.2) is 11.0 Å². The van der Waals surface area contributed by atoms with Crippen LogP contribution in [0, 0.1) is 12.7 Å². The molecule has 0 spiro atoms. The molecular formula is C24H19ClFN3O3. The van der Waals surface area contributed by atoms with Gasteiger partial charge in [-0.05, 0) is 43.3 Å². The van der Waals surface area contributed by atoms with Gasteiger partial charge in [-0.2, -0.15) is 0 Å². The van der Waals surface area contributed by atoms with Gasteiger partial charge < -0.3 is 14.8 Å². The van der Waals surface area contributed by atoms with E-state index >= 15 is 0 Å². The number of amides is 1. The maximum Gasteiger partial charge on any atom is 0.251 e. The summed E-state index contributed by atoms with van der Waals surface area (Å²) >= 11 is 5.70. The summed E-state index contributed by atoms with van der Waals surface area (Å²) in [4.78, 5) is 20.8. The zero-order chi connectivity index (χ0) is 22.7. The summed E-state index contributed by atoms with van der Waals surface area (Å²) in [6.45, 7) is 1.77. The minimum atomic E-state index is -0.649. The molecule has 0 radical (unpaired) electrons. The van der Waals surface area contributed by atoms with Gasteiger partial charge in [0.25, 0.3) is 5.91 Å². The summed E-state index contributed by atoms with van der Waals surface area (Å²) < 4.78 is 25.4. The number of ether oxygens (including phenoxy) is 2. The number of hydrogen-bond donors (Lipinski definition) is 1. The quantitative estimate of drug-likeness (QED) is 0.394. The van der Waals surface area contributed by atoms with Gasteiger partial charge in [-0.25, -0.2) is 9.37 Å². The largest absolute Gasteiger partial charge is 0.497 e. The Kier molecular flexibility index (Phi) is 6.18. The molecule has 2 aromatic carbocycles. The van der Waals surface area contributed by atoms with Crippen LogP contribution in [0.2, 0.25) is 5.15 Å². The Labute approximate surface area is 189 Å². The predicted octanol–water partition coefficient (Wildman–Crippen LogP) is 5.46. The number of hydrogen-bond acceptors (Lipinski definition) is 5. The molecular weight excluding hydrogens is 433 g/mol. The van der Waals surface area contributed by atoms with E-state index in [0.29, 0.717) is 28.4 Å². The molecule has 1 amide bonds. The van der Waals surface area contributed by atoms with Gasteiger partial charge in [-0.15, -0.1) is 0 Å². The molecule has 2 aromatic heterocycles. The first-order chi connectivity index (χ1) is 15.5. The third-order valence-corrected chi connectivity index (χ3v) is 5.29. The van der Waals surface area contributed by atoms with Crippen LogP contribution in [-0.4, -0.2) is 23.0 Å². The number of pyridine rings is 2. The van der Waals surface area contributed by atoms with Crippen molar-refractivity contribution in [2.24, 2.45) is 0 Å². The van der Waals surface area contributed by atoms with Crippen molar-refractivity contribution in [3.8, 4) is 17.2 Å². The fourth-order valence-corrected chi connectivity index (χ4v) is 3.45. The normalized spacial score (nSPS) is 10.8. The van der Waals surface area contributed by atoms with Gasteiger partial charge in [0.1, 0.15) is 17.2 Å². The topological polar surface area (TPSA) is 73.3 Å². The molecule has 162 valence electrons. The molecule has 2 heterocycles. The zero-order valence-corrected chi connectivity index (χ0v) is 18.1. The van der Waals surface area contributed by atoms with E-state index in [0.717, 1.165) is 10.9 Å². The summed E-state index contributed by atoms with van der Waals surface area (Å²) in [5, 5.41) is 3.29. The van der Waals surface area contributed by atoms with E-state index in [1.807, 2.05) is 18.2 Å². The van der Waals surface area contributed by atoms with Crippen molar-refractivity contribution in [2.75, 3.05) is 7.11 Å². The maximum atomic E-state index is 14.0. The number of nitrogens with zero attached hydrogens (tertiary/aromatic N) is 2. The Bertz CT molecular complexity index is 1310. The molecule has 0 aliphatic heterocycles. The molecule has 0 bridgehead atoms. The van der Waals surface area contributed by atoms with Crippen LogP contribution in [0.5, 0.6) is 17.2 Å². The van der Waals surface area contributed by atoms with Gasteiger partial charge in [0.05, 0.1) is 12.6 Å². The highest BCUT2D eigenvalue weighted by Gasteiger charge is 2.15. The second-order valence-corrected chi connectivity index (χ2v) is 7.34. The number of rotatable bonds is 6. The first-order valence-corrected chi connectivity index (χ1v) is 10.1. The lowest BCUT2D eigenvalue weighted by molar-refractivity contribution is 0.0949. The molecule has 0 atom stereocenters. The first-order valence-electron chi connectivity index (χ1n) is 9.75. The van der Waals surface area contributed by atoms with Crippen molar-refractivity contribution in [1.82, 2.24) is 15.3 Å². The van der Waals surface area contributed by atoms with Crippen LogP contribution in [0.15, 0.2) is 60.9 Å². The Morgan fingerprint density at radius 2 is 1.91 bits per heavy atom. The molecule has 6 nitrogen and oxygen atoms in total. The Balaban J connectivity index is 1.57. The monoisotopic (exact) mass is 451 g/mol. The van der Waals surface area contributed by atoms with Gasteiger partial charge in [0.2, 0.25) is 0 Å². The summed E-state index contributed by atoms with van der Waals surface area (Å²) in [5.41, 5.74) is 2.05. The fourth-order valence-electron chi connectivity index (χ4n) is 3.27. The van der Waals surface area contributed by atoms with Crippen molar-refractivity contribution >= 4 is 28.4 Å². The van der Waals surface area contributed by atoms with E-state index in [2.05, 4.69) is 15.3 Å². The van der Waals surface area contributed by atoms with Crippen molar-refractivity contribution in [2.45, 2.75) is 13.5 Å². The van der Waals surface area contributed by atoms with E-state index in [-0.39, 0.29) is 23.2 Å². The number of carbonyl (C=O) groups is 1. The molecule has 0 fully saturated rings. The smallest absolute Gasteiger partial charge is 0.251 e. The average molecular weight is 452 g/mol. The molecule has 0 saturated carbocycles. The number of aromatic nitrogens is 2. The summed E-state index contributed by atoms with van der Waals surface area (Å²) in [5.74, 6) is 0.823. The number of carbonyl (C=O) groups excluding carboxylic acids is 1. The summed E-state index contributed by atoms with van der Waals surface area (Å²) in [6.07, 6.45) is 3.04. The third-order valence-electron chi connectivity index (χ3n) is 5.02. The van der Waals surface area contributed by atoms with Crippen LogP contribution in [0.4, 0.5) is 4.39 Å². The Hall–Kier alpha value is -3.71. The molecule has 0 aliphatic carbocycles. The standard InChI is InChI=1S/C24H19ClFN3O3/c1-14-17(24(30)29-13-15-8-10-28-23(25)22(15)26)4-3-5-20(14)32-21-9-11-27-19-12-16(31-2)6-7-18(19)21/h3-12H,13H2,1-2H3,(H,29,30). The van der Waals surface area contributed by atoms with Gasteiger partial charge >= 0.3 is 0 Å². The lowest BCUT2D eigenvalue weighted by Crippen LogP contribution is -2.24. The van der Waals surface area contributed by atoms with Crippen LogP contribution in [0.3, 0.4) is 0 Å². The number of benzene rings is 2. The van der Waals surface area contributed by atoms with E-state index in [9.17, 15) is 9.18 Å². The molecule has 1 N–H and O–H groups in total. The molecule has 4 rings (SSSR count). The van der Waals surface area contributed by atoms with E-state index in [1.54, 1.807) is 44.5 Å². The second kappa shape index (κ2) is 9.20. The van der Waals surface area contributed by atoms with Crippen LogP contribution < -0.4 is 14.8 Å². The highest BCUT2D eigenvalue weighted by Crippen LogP contribution is 2.33. The molecule has 0 unspecified atom stereocenters. The second-order valence-electron chi connectivity index (χ2n) is 6.98. The van der Waals surface area contributed by atoms with Gasteiger partial charge in [0, 0.05) is 47.1 Å². The van der Waals surface area contributed by atoms with Gasteiger partial charge in [-0.3, -0.25) is 9.78 Å². The minimum Gasteiger partial charge on any atom is -0.497 e. The average Bonchev–Trinajstić information content (AvgIpc) is 2.81.